The Labute approximate surface area is 180 Å². The second-order valence-electron chi connectivity index (χ2n) is 7.12. The Morgan fingerprint density at radius 1 is 0.968 bits per heavy atom. The van der Waals surface area contributed by atoms with Gasteiger partial charge in [0.2, 0.25) is 5.91 Å². The minimum atomic E-state index is -0.545. The van der Waals surface area contributed by atoms with Crippen molar-refractivity contribution in [3.8, 4) is 0 Å². The van der Waals surface area contributed by atoms with Crippen molar-refractivity contribution in [1.82, 2.24) is 5.32 Å². The number of hydrogen-bond acceptors (Lipinski definition) is 5. The molecule has 0 bridgehead atoms. The maximum Gasteiger partial charge on any atom is 0.310 e. The van der Waals surface area contributed by atoms with E-state index in [4.69, 9.17) is 9.15 Å². The van der Waals surface area contributed by atoms with E-state index in [-0.39, 0.29) is 18.9 Å². The predicted molar refractivity (Wildman–Crippen MR) is 118 cm³/mol. The summed E-state index contributed by atoms with van der Waals surface area (Å²) in [4.78, 5) is 36.1. The summed E-state index contributed by atoms with van der Waals surface area (Å²) in [5, 5.41) is 6.06. The summed E-state index contributed by atoms with van der Waals surface area (Å²) < 4.78 is 10.6. The molecule has 2 amide bonds. The van der Waals surface area contributed by atoms with Gasteiger partial charge in [-0.25, -0.2) is 0 Å². The standard InChI is InChI=1S/C24H26N2O5/c1-3-16-9-10-19-18(14-30-21(19)11-16)12-24(29)31-15-23(28)25-13-22(27)26-20-8-6-5-7-17(20)4-2/h5-11,14H,3-4,12-13,15H2,1-2H3,(H,25,28)(H,26,27). The summed E-state index contributed by atoms with van der Waals surface area (Å²) in [6.45, 7) is 3.39. The van der Waals surface area contributed by atoms with E-state index in [0.29, 0.717) is 11.3 Å². The molecule has 2 N–H and O–H groups in total. The number of anilines is 1. The van der Waals surface area contributed by atoms with Crippen molar-refractivity contribution in [1.29, 1.82) is 0 Å². The Kier molecular flexibility index (Phi) is 7.43. The molecule has 0 fully saturated rings. The quantitative estimate of drug-likeness (QED) is 0.515. The van der Waals surface area contributed by atoms with E-state index < -0.39 is 18.5 Å². The van der Waals surface area contributed by atoms with Crippen LogP contribution >= 0.6 is 0 Å². The van der Waals surface area contributed by atoms with Crippen molar-refractivity contribution in [2.75, 3.05) is 18.5 Å². The molecule has 162 valence electrons. The number of carbonyl (C=O) groups is 3. The molecule has 3 aromatic rings. The van der Waals surface area contributed by atoms with Crippen molar-refractivity contribution in [3.05, 3.63) is 65.4 Å². The van der Waals surface area contributed by atoms with E-state index >= 15 is 0 Å². The van der Waals surface area contributed by atoms with Crippen molar-refractivity contribution in [3.63, 3.8) is 0 Å². The minimum absolute atomic E-state index is 0.0000392. The molecule has 2 aromatic carbocycles. The number of benzene rings is 2. The molecule has 0 saturated carbocycles. The molecule has 7 heteroatoms. The van der Waals surface area contributed by atoms with E-state index in [1.165, 1.54) is 6.26 Å². The van der Waals surface area contributed by atoms with Crippen LogP contribution in [0.2, 0.25) is 0 Å². The van der Waals surface area contributed by atoms with Gasteiger partial charge in [-0.15, -0.1) is 0 Å². The molecule has 1 heterocycles. The summed E-state index contributed by atoms with van der Waals surface area (Å²) in [7, 11) is 0. The molecular formula is C24H26N2O5. The van der Waals surface area contributed by atoms with Crippen molar-refractivity contribution >= 4 is 34.4 Å². The van der Waals surface area contributed by atoms with Crippen LogP contribution in [0, 0.1) is 0 Å². The fourth-order valence-corrected chi connectivity index (χ4v) is 3.21. The van der Waals surface area contributed by atoms with Gasteiger partial charge in [0.05, 0.1) is 19.2 Å². The van der Waals surface area contributed by atoms with Crippen LogP contribution in [0.1, 0.15) is 30.5 Å². The molecule has 0 saturated heterocycles. The molecule has 0 aliphatic heterocycles. The SMILES string of the molecule is CCc1ccc2c(CC(=O)OCC(=O)NCC(=O)Nc3ccccc3CC)coc2c1. The molecule has 0 aliphatic rings. The minimum Gasteiger partial charge on any atom is -0.464 e. The van der Waals surface area contributed by atoms with E-state index in [1.54, 1.807) is 0 Å². The van der Waals surface area contributed by atoms with Gasteiger partial charge >= 0.3 is 5.97 Å². The maximum absolute atomic E-state index is 12.1. The van der Waals surface area contributed by atoms with Crippen LogP contribution in [0.3, 0.4) is 0 Å². The van der Waals surface area contributed by atoms with Gasteiger partial charge in [-0.05, 0) is 36.1 Å². The molecule has 0 unspecified atom stereocenters. The van der Waals surface area contributed by atoms with Crippen LogP contribution in [0.15, 0.2) is 53.1 Å². The highest BCUT2D eigenvalue weighted by molar-refractivity contribution is 5.95. The summed E-state index contributed by atoms with van der Waals surface area (Å²) in [6, 6.07) is 13.3. The fourth-order valence-electron chi connectivity index (χ4n) is 3.21. The van der Waals surface area contributed by atoms with Gasteiger partial charge in [0.15, 0.2) is 6.61 Å². The van der Waals surface area contributed by atoms with Crippen LogP contribution < -0.4 is 10.6 Å². The average Bonchev–Trinajstić information content (AvgIpc) is 3.18. The van der Waals surface area contributed by atoms with Gasteiger partial charge in [0.1, 0.15) is 5.58 Å². The Balaban J connectivity index is 1.43. The third-order valence-corrected chi connectivity index (χ3v) is 4.95. The topological polar surface area (TPSA) is 97.6 Å². The van der Waals surface area contributed by atoms with Crippen LogP contribution in [-0.2, 0) is 38.4 Å². The van der Waals surface area contributed by atoms with Gasteiger partial charge in [-0.2, -0.15) is 0 Å². The zero-order valence-corrected chi connectivity index (χ0v) is 17.7. The molecule has 31 heavy (non-hydrogen) atoms. The van der Waals surface area contributed by atoms with Gasteiger partial charge in [0.25, 0.3) is 5.91 Å². The third-order valence-electron chi connectivity index (χ3n) is 4.95. The van der Waals surface area contributed by atoms with Crippen LogP contribution in [0.25, 0.3) is 11.0 Å². The second-order valence-corrected chi connectivity index (χ2v) is 7.12. The van der Waals surface area contributed by atoms with Crippen molar-refractivity contribution < 1.29 is 23.5 Å². The predicted octanol–water partition coefficient (Wildman–Crippen LogP) is 3.40. The molecule has 0 spiro atoms. The summed E-state index contributed by atoms with van der Waals surface area (Å²) in [5.41, 5.74) is 4.30. The number of hydrogen-bond donors (Lipinski definition) is 2. The lowest BCUT2D eigenvalue weighted by Crippen LogP contribution is -2.35. The second kappa shape index (κ2) is 10.4. The first-order valence-electron chi connectivity index (χ1n) is 10.3. The number of carbonyl (C=O) groups excluding carboxylic acids is 3. The normalized spacial score (nSPS) is 10.6. The summed E-state index contributed by atoms with van der Waals surface area (Å²) in [5.74, 6) is -1.44. The highest BCUT2D eigenvalue weighted by Crippen LogP contribution is 2.23. The summed E-state index contributed by atoms with van der Waals surface area (Å²) >= 11 is 0. The highest BCUT2D eigenvalue weighted by atomic mass is 16.5. The Bertz CT molecular complexity index is 1090. The Morgan fingerprint density at radius 2 is 1.77 bits per heavy atom. The highest BCUT2D eigenvalue weighted by Gasteiger charge is 2.14. The lowest BCUT2D eigenvalue weighted by Gasteiger charge is -2.10. The zero-order chi connectivity index (χ0) is 22.2. The van der Waals surface area contributed by atoms with Gasteiger partial charge in [0, 0.05) is 16.6 Å². The first-order chi connectivity index (χ1) is 15.0. The third kappa shape index (κ3) is 5.94. The number of amides is 2. The van der Waals surface area contributed by atoms with Gasteiger partial charge in [-0.3, -0.25) is 14.4 Å². The lowest BCUT2D eigenvalue weighted by molar-refractivity contribution is -0.147. The molecule has 3 rings (SSSR count). The van der Waals surface area contributed by atoms with Crippen LogP contribution in [0.4, 0.5) is 5.69 Å². The van der Waals surface area contributed by atoms with E-state index in [0.717, 1.165) is 34.9 Å². The van der Waals surface area contributed by atoms with Crippen LogP contribution in [0.5, 0.6) is 0 Å². The Hall–Kier alpha value is -3.61. The number of esters is 1. The fraction of sp³-hybridized carbons (Fsp3) is 0.292. The van der Waals surface area contributed by atoms with E-state index in [1.807, 2.05) is 49.4 Å². The van der Waals surface area contributed by atoms with Gasteiger partial charge < -0.3 is 19.8 Å². The zero-order valence-electron chi connectivity index (χ0n) is 17.7. The van der Waals surface area contributed by atoms with Gasteiger partial charge in [-0.1, -0.05) is 44.2 Å². The first-order valence-corrected chi connectivity index (χ1v) is 10.3. The maximum atomic E-state index is 12.1. The molecular weight excluding hydrogens is 396 g/mol. The molecule has 0 atom stereocenters. The average molecular weight is 422 g/mol. The number of para-hydroxylation sites is 1. The number of nitrogens with one attached hydrogen (secondary N) is 2. The van der Waals surface area contributed by atoms with Crippen LogP contribution in [-0.4, -0.2) is 30.9 Å². The monoisotopic (exact) mass is 422 g/mol. The molecule has 7 nitrogen and oxygen atoms in total. The number of rotatable bonds is 9. The summed E-state index contributed by atoms with van der Waals surface area (Å²) in [6.07, 6.45) is 3.21. The lowest BCUT2D eigenvalue weighted by atomic mass is 10.1. The number of fused-ring (bicyclic) bond motifs is 1. The first kappa shape index (κ1) is 22.1. The largest absolute Gasteiger partial charge is 0.464 e. The number of ether oxygens (including phenoxy) is 1. The molecule has 1 aromatic heterocycles. The van der Waals surface area contributed by atoms with E-state index in [2.05, 4.69) is 17.6 Å². The Morgan fingerprint density at radius 3 is 2.55 bits per heavy atom. The van der Waals surface area contributed by atoms with E-state index in [9.17, 15) is 14.4 Å². The molecule has 0 radical (unpaired) electrons. The smallest absolute Gasteiger partial charge is 0.310 e. The molecule has 0 aliphatic carbocycles. The number of furan rings is 1. The van der Waals surface area contributed by atoms with Crippen molar-refractivity contribution in [2.24, 2.45) is 0 Å². The number of aryl methyl sites for hydroxylation is 2. The van der Waals surface area contributed by atoms with Crippen molar-refractivity contribution in [2.45, 2.75) is 33.1 Å².